The van der Waals surface area contributed by atoms with Crippen LogP contribution in [0, 0.1) is 0 Å². The number of anilines is 3. The van der Waals surface area contributed by atoms with Crippen LogP contribution in [-0.2, 0) is 10.8 Å². The molecule has 0 bridgehead atoms. The van der Waals surface area contributed by atoms with Crippen molar-refractivity contribution in [2.24, 2.45) is 0 Å². The third kappa shape index (κ3) is 5.37. The minimum absolute atomic E-state index is 0.0696. The van der Waals surface area contributed by atoms with Crippen LogP contribution >= 0.6 is 0 Å². The van der Waals surface area contributed by atoms with E-state index in [-0.39, 0.29) is 10.8 Å². The maximum atomic E-state index is 2.55. The number of nitrogens with zero attached hydrogens (tertiary/aromatic N) is 1. The molecule has 1 spiro atoms. The van der Waals surface area contributed by atoms with E-state index in [2.05, 4.69) is 207 Å². The van der Waals surface area contributed by atoms with Crippen LogP contribution < -0.4 is 4.90 Å². The maximum absolute atomic E-state index is 2.55. The van der Waals surface area contributed by atoms with Crippen molar-refractivity contribution in [1.29, 1.82) is 0 Å². The first-order valence-corrected chi connectivity index (χ1v) is 21.1. The van der Waals surface area contributed by atoms with Gasteiger partial charge in [0.2, 0.25) is 0 Å². The van der Waals surface area contributed by atoms with Crippen LogP contribution in [-0.4, -0.2) is 0 Å². The van der Waals surface area contributed by atoms with Crippen molar-refractivity contribution in [2.45, 2.75) is 56.8 Å². The van der Waals surface area contributed by atoms with Crippen molar-refractivity contribution in [3.8, 4) is 55.6 Å². The lowest BCUT2D eigenvalue weighted by molar-refractivity contribution is 0.353. The largest absolute Gasteiger partial charge is 0.310 e. The Morgan fingerprint density at radius 3 is 1.55 bits per heavy atom. The summed E-state index contributed by atoms with van der Waals surface area (Å²) in [5.41, 5.74) is 22.3. The Kier molecular flexibility index (Phi) is 8.15. The van der Waals surface area contributed by atoms with Gasteiger partial charge in [-0.1, -0.05) is 185 Å². The quantitative estimate of drug-likeness (QED) is 0.164. The van der Waals surface area contributed by atoms with Gasteiger partial charge in [0.05, 0.1) is 0 Å². The number of rotatable bonds is 6. The Morgan fingerprint density at radius 2 is 0.845 bits per heavy atom. The molecule has 0 amide bonds. The fourth-order valence-electron chi connectivity index (χ4n) is 11.0. The zero-order valence-corrected chi connectivity index (χ0v) is 33.4. The van der Waals surface area contributed by atoms with Gasteiger partial charge in [-0.05, 0) is 127 Å². The molecule has 11 rings (SSSR count). The summed E-state index contributed by atoms with van der Waals surface area (Å²) in [7, 11) is 0. The first kappa shape index (κ1) is 34.8. The second kappa shape index (κ2) is 13.6. The second-order valence-corrected chi connectivity index (χ2v) is 17.2. The molecule has 58 heavy (non-hydrogen) atoms. The monoisotopic (exact) mass is 745 g/mol. The molecule has 1 heteroatoms. The molecule has 3 aliphatic rings. The van der Waals surface area contributed by atoms with Crippen molar-refractivity contribution >= 4 is 17.1 Å². The Bertz CT molecular complexity index is 2820. The molecule has 0 saturated heterocycles. The molecule has 0 atom stereocenters. The fraction of sp³-hybridized carbons (Fsp3) is 0.158. The minimum atomic E-state index is -0.0847. The molecule has 0 radical (unpaired) electrons. The van der Waals surface area contributed by atoms with Gasteiger partial charge >= 0.3 is 0 Å². The van der Waals surface area contributed by atoms with Crippen molar-refractivity contribution in [3.05, 3.63) is 210 Å². The molecule has 0 aromatic heterocycles. The Balaban J connectivity index is 1.09. The molecule has 3 aliphatic carbocycles. The van der Waals surface area contributed by atoms with Crippen LogP contribution in [0.25, 0.3) is 55.6 Å². The fourth-order valence-corrected chi connectivity index (χ4v) is 11.0. The van der Waals surface area contributed by atoms with Crippen LogP contribution in [0.3, 0.4) is 0 Å². The molecule has 0 N–H and O–H groups in total. The molecule has 8 aromatic rings. The molecular formula is C57H47N. The predicted octanol–water partition coefficient (Wildman–Crippen LogP) is 15.7. The average Bonchev–Trinajstić information content (AvgIpc) is 3.69. The summed E-state index contributed by atoms with van der Waals surface area (Å²) in [6, 6.07) is 70.5. The summed E-state index contributed by atoms with van der Waals surface area (Å²) < 4.78 is 0. The van der Waals surface area contributed by atoms with Crippen LogP contribution in [0.15, 0.2) is 188 Å². The SMILES string of the molecule is CC1(C)c2ccccc2-c2cccc(-c3ccc(N(c4ccc(-c5ccccc5)c(-c5ccccc5)c4)c4ccc5c(c4)C4(CCCCC4)c4ccccc4-5)cc3)c21. The van der Waals surface area contributed by atoms with E-state index in [0.717, 1.165) is 11.4 Å². The normalized spacial score (nSPS) is 15.3. The van der Waals surface area contributed by atoms with Gasteiger partial charge in [-0.3, -0.25) is 0 Å². The number of fused-ring (bicyclic) bond motifs is 8. The lowest BCUT2D eigenvalue weighted by Gasteiger charge is -2.36. The summed E-state index contributed by atoms with van der Waals surface area (Å²) in [6.45, 7) is 4.76. The number of hydrogen-bond acceptors (Lipinski definition) is 1. The van der Waals surface area contributed by atoms with E-state index in [1.165, 1.54) is 116 Å². The van der Waals surface area contributed by atoms with E-state index in [1.807, 2.05) is 0 Å². The van der Waals surface area contributed by atoms with Gasteiger partial charge in [-0.2, -0.15) is 0 Å². The summed E-state index contributed by atoms with van der Waals surface area (Å²) in [5.74, 6) is 0. The third-order valence-corrected chi connectivity index (χ3v) is 13.7. The topological polar surface area (TPSA) is 3.24 Å². The highest BCUT2D eigenvalue weighted by atomic mass is 15.1. The van der Waals surface area contributed by atoms with Gasteiger partial charge < -0.3 is 4.90 Å². The molecule has 0 heterocycles. The molecule has 0 aliphatic heterocycles. The van der Waals surface area contributed by atoms with Gasteiger partial charge in [-0.15, -0.1) is 0 Å². The lowest BCUT2D eigenvalue weighted by Crippen LogP contribution is -2.28. The van der Waals surface area contributed by atoms with Crippen LogP contribution in [0.5, 0.6) is 0 Å². The minimum Gasteiger partial charge on any atom is -0.310 e. The standard InChI is InChI=1S/C57H47N/c1-56(2)52-25-12-10-22-48(52)50-24-16-23-46(55(50)56)41-27-29-42(30-28-41)58(43-31-33-45(39-17-6-3-7-18-39)51(37-43)40-19-8-4-9-20-40)44-32-34-49-47-21-11-13-26-53(47)57(54(49)38-44)35-14-5-15-36-57/h3-4,6-13,16-34,37-38H,5,14-15,35-36H2,1-2H3. The molecule has 1 nitrogen and oxygen atoms in total. The average molecular weight is 746 g/mol. The summed E-state index contributed by atoms with van der Waals surface area (Å²) >= 11 is 0. The van der Waals surface area contributed by atoms with Gasteiger partial charge in [0.1, 0.15) is 0 Å². The van der Waals surface area contributed by atoms with Crippen LogP contribution in [0.1, 0.15) is 68.2 Å². The van der Waals surface area contributed by atoms with Crippen LogP contribution in [0.2, 0.25) is 0 Å². The van der Waals surface area contributed by atoms with Gasteiger partial charge in [0.15, 0.2) is 0 Å². The van der Waals surface area contributed by atoms with E-state index >= 15 is 0 Å². The van der Waals surface area contributed by atoms with E-state index < -0.39 is 0 Å². The van der Waals surface area contributed by atoms with Gasteiger partial charge in [0, 0.05) is 27.9 Å². The van der Waals surface area contributed by atoms with Crippen molar-refractivity contribution < 1.29 is 0 Å². The van der Waals surface area contributed by atoms with Crippen LogP contribution in [0.4, 0.5) is 17.1 Å². The number of hydrogen-bond donors (Lipinski definition) is 0. The first-order valence-electron chi connectivity index (χ1n) is 21.1. The van der Waals surface area contributed by atoms with E-state index in [1.54, 1.807) is 0 Å². The van der Waals surface area contributed by atoms with Crippen molar-refractivity contribution in [3.63, 3.8) is 0 Å². The Hall–Kier alpha value is -6.44. The highest BCUT2D eigenvalue weighted by Gasteiger charge is 2.44. The van der Waals surface area contributed by atoms with Gasteiger partial charge in [0.25, 0.3) is 0 Å². The summed E-state index contributed by atoms with van der Waals surface area (Å²) in [4.78, 5) is 2.50. The summed E-state index contributed by atoms with van der Waals surface area (Å²) in [6.07, 6.45) is 6.29. The molecule has 1 fully saturated rings. The van der Waals surface area contributed by atoms with Gasteiger partial charge in [-0.25, -0.2) is 0 Å². The highest BCUT2D eigenvalue weighted by molar-refractivity contribution is 5.92. The van der Waals surface area contributed by atoms with Crippen molar-refractivity contribution in [1.82, 2.24) is 0 Å². The van der Waals surface area contributed by atoms with Crippen molar-refractivity contribution in [2.75, 3.05) is 4.90 Å². The Morgan fingerprint density at radius 1 is 0.345 bits per heavy atom. The van der Waals surface area contributed by atoms with E-state index in [0.29, 0.717) is 0 Å². The van der Waals surface area contributed by atoms with E-state index in [9.17, 15) is 0 Å². The second-order valence-electron chi connectivity index (χ2n) is 17.2. The molecular weight excluding hydrogens is 699 g/mol. The zero-order valence-electron chi connectivity index (χ0n) is 33.4. The lowest BCUT2D eigenvalue weighted by atomic mass is 9.68. The molecule has 1 saturated carbocycles. The summed E-state index contributed by atoms with van der Waals surface area (Å²) in [5, 5.41) is 0. The van der Waals surface area contributed by atoms with E-state index in [4.69, 9.17) is 0 Å². The zero-order chi connectivity index (χ0) is 38.8. The Labute approximate surface area is 343 Å². The maximum Gasteiger partial charge on any atom is 0.0468 e. The molecule has 280 valence electrons. The predicted molar refractivity (Wildman–Crippen MR) is 244 cm³/mol. The number of benzene rings is 8. The third-order valence-electron chi connectivity index (χ3n) is 13.7. The molecule has 0 unspecified atom stereocenters. The first-order chi connectivity index (χ1) is 28.5. The molecule has 8 aromatic carbocycles. The highest BCUT2D eigenvalue weighted by Crippen LogP contribution is 2.57. The smallest absolute Gasteiger partial charge is 0.0468 e.